The Kier molecular flexibility index (Phi) is 3.66. The van der Waals surface area contributed by atoms with Gasteiger partial charge in [0.25, 0.3) is 0 Å². The number of aliphatic carboxylic acids is 1. The molecule has 0 spiro atoms. The molecule has 1 atom stereocenters. The zero-order valence-electron chi connectivity index (χ0n) is 8.39. The summed E-state index contributed by atoms with van der Waals surface area (Å²) in [6, 6.07) is 3.23. The number of carbonyl (C=O) groups excluding carboxylic acids is 1. The van der Waals surface area contributed by atoms with Gasteiger partial charge in [-0.15, -0.1) is 0 Å². The lowest BCUT2D eigenvalue weighted by molar-refractivity contribution is -0.324. The van der Waals surface area contributed by atoms with Gasteiger partial charge < -0.3 is 31.4 Å². The third-order valence-corrected chi connectivity index (χ3v) is 1.93. The van der Waals surface area contributed by atoms with E-state index in [1.165, 1.54) is 6.07 Å². The second kappa shape index (κ2) is 4.16. The Labute approximate surface area is 86.0 Å². The lowest BCUT2D eigenvalue weighted by atomic mass is 9.96. The molecule has 1 aromatic carbocycles. The van der Waals surface area contributed by atoms with Crippen LogP contribution < -0.4 is 11.3 Å². The van der Waals surface area contributed by atoms with Crippen LogP contribution in [0.25, 0.3) is 0 Å². The minimum Gasteiger partial charge on any atom is -0.547 e. The number of hydrogen-bond donors (Lipinski definition) is 4. The maximum atomic E-state index is 10.5. The molecule has 0 bridgehead atoms. The number of phenols is 2. The molecule has 0 aromatic heterocycles. The van der Waals surface area contributed by atoms with Crippen molar-refractivity contribution in [2.45, 2.75) is 12.5 Å². The summed E-state index contributed by atoms with van der Waals surface area (Å²) in [5.41, 5.74) is -2.25. The Balaban J connectivity index is 0.00000196. The molecule has 0 aliphatic heterocycles. The van der Waals surface area contributed by atoms with Crippen LogP contribution in [-0.2, 0) is 10.4 Å². The summed E-state index contributed by atoms with van der Waals surface area (Å²) in [5.74, 6) is -2.56. The van der Waals surface area contributed by atoms with Crippen molar-refractivity contribution in [2.24, 2.45) is 0 Å². The summed E-state index contributed by atoms with van der Waals surface area (Å²) in [6.07, 6.45) is 0. The predicted octanol–water partition coefficient (Wildman–Crippen LogP) is -0.569. The molecule has 7 N–H and O–H groups in total. The summed E-state index contributed by atoms with van der Waals surface area (Å²) in [6.45, 7) is 1.02. The van der Waals surface area contributed by atoms with Gasteiger partial charge in [0.15, 0.2) is 11.5 Å². The van der Waals surface area contributed by atoms with Crippen LogP contribution in [0.15, 0.2) is 18.2 Å². The number of benzene rings is 1. The van der Waals surface area contributed by atoms with Gasteiger partial charge in [-0.05, 0) is 24.6 Å². The van der Waals surface area contributed by atoms with Crippen LogP contribution in [0.1, 0.15) is 12.5 Å². The van der Waals surface area contributed by atoms with Crippen molar-refractivity contribution in [1.82, 2.24) is 6.15 Å². The number of carbonyl (C=O) groups is 1. The van der Waals surface area contributed by atoms with Crippen LogP contribution in [0.2, 0.25) is 0 Å². The Morgan fingerprint density at radius 2 is 1.87 bits per heavy atom. The lowest BCUT2D eigenvalue weighted by Gasteiger charge is -2.24. The van der Waals surface area contributed by atoms with Gasteiger partial charge in [-0.25, -0.2) is 0 Å². The summed E-state index contributed by atoms with van der Waals surface area (Å²) >= 11 is 0. The first kappa shape index (κ1) is 13.2. The number of aliphatic hydroxyl groups is 1. The van der Waals surface area contributed by atoms with E-state index < -0.39 is 17.3 Å². The summed E-state index contributed by atoms with van der Waals surface area (Å²) in [4.78, 5) is 10.5. The Morgan fingerprint density at radius 1 is 1.33 bits per heavy atom. The van der Waals surface area contributed by atoms with Gasteiger partial charge in [-0.3, -0.25) is 0 Å². The van der Waals surface area contributed by atoms with E-state index in [4.69, 9.17) is 10.2 Å². The summed E-state index contributed by atoms with van der Waals surface area (Å²) in [5, 5.41) is 38.0. The van der Waals surface area contributed by atoms with Crippen molar-refractivity contribution in [3.05, 3.63) is 23.8 Å². The fourth-order valence-corrected chi connectivity index (χ4v) is 0.944. The fraction of sp³-hybridized carbons (Fsp3) is 0.222. The molecular formula is C9H13NO5. The molecule has 6 nitrogen and oxygen atoms in total. The first-order valence-electron chi connectivity index (χ1n) is 3.82. The van der Waals surface area contributed by atoms with E-state index in [-0.39, 0.29) is 17.5 Å². The lowest BCUT2D eigenvalue weighted by Crippen LogP contribution is -2.43. The molecule has 0 saturated heterocycles. The number of carboxylic acids is 1. The maximum absolute atomic E-state index is 10.5. The summed E-state index contributed by atoms with van der Waals surface area (Å²) < 4.78 is 0. The van der Waals surface area contributed by atoms with Crippen LogP contribution in [0.3, 0.4) is 0 Å². The fourth-order valence-electron chi connectivity index (χ4n) is 0.944. The molecule has 0 saturated carbocycles. The van der Waals surface area contributed by atoms with Crippen molar-refractivity contribution in [2.75, 3.05) is 0 Å². The van der Waals surface area contributed by atoms with E-state index in [1.807, 2.05) is 0 Å². The number of phenolic OH excluding ortho intramolecular Hbond substituents is 2. The van der Waals surface area contributed by atoms with E-state index in [0.29, 0.717) is 0 Å². The normalized spacial score (nSPS) is 13.7. The highest BCUT2D eigenvalue weighted by Crippen LogP contribution is 2.30. The first-order chi connectivity index (χ1) is 6.35. The van der Waals surface area contributed by atoms with Crippen LogP contribution >= 0.6 is 0 Å². The smallest absolute Gasteiger partial charge is 0.157 e. The van der Waals surface area contributed by atoms with E-state index >= 15 is 0 Å². The molecular weight excluding hydrogens is 202 g/mol. The molecule has 0 aliphatic carbocycles. The third kappa shape index (κ3) is 2.36. The van der Waals surface area contributed by atoms with Gasteiger partial charge >= 0.3 is 0 Å². The number of carboxylic acid groups (broad SMARTS) is 1. The number of hydrogen-bond acceptors (Lipinski definition) is 5. The Morgan fingerprint density at radius 3 is 2.27 bits per heavy atom. The molecule has 84 valence electrons. The SMILES string of the molecule is CC(O)(C(=O)[O-])c1ccc(O)c(O)c1.[NH4+]. The molecule has 1 unspecified atom stereocenters. The maximum Gasteiger partial charge on any atom is 0.157 e. The first-order valence-corrected chi connectivity index (χ1v) is 3.82. The van der Waals surface area contributed by atoms with Crippen LogP contribution in [-0.4, -0.2) is 21.3 Å². The van der Waals surface area contributed by atoms with Gasteiger partial charge in [0.05, 0.1) is 5.97 Å². The van der Waals surface area contributed by atoms with Gasteiger partial charge in [0.1, 0.15) is 5.60 Å². The molecule has 0 fully saturated rings. The number of rotatable bonds is 2. The second-order valence-corrected chi connectivity index (χ2v) is 3.06. The minimum absolute atomic E-state index is 0. The molecule has 15 heavy (non-hydrogen) atoms. The van der Waals surface area contributed by atoms with Crippen LogP contribution in [0.4, 0.5) is 0 Å². The van der Waals surface area contributed by atoms with Gasteiger partial charge in [-0.2, -0.15) is 0 Å². The predicted molar refractivity (Wildman–Crippen MR) is 50.3 cm³/mol. The molecule has 0 radical (unpaired) electrons. The average Bonchev–Trinajstić information content (AvgIpc) is 2.09. The van der Waals surface area contributed by atoms with Gasteiger partial charge in [0, 0.05) is 0 Å². The van der Waals surface area contributed by atoms with Crippen molar-refractivity contribution in [1.29, 1.82) is 0 Å². The second-order valence-electron chi connectivity index (χ2n) is 3.06. The highest BCUT2D eigenvalue weighted by atomic mass is 16.4. The average molecular weight is 215 g/mol. The topological polar surface area (TPSA) is 137 Å². The molecule has 1 rings (SSSR count). The number of quaternary nitrogens is 1. The summed E-state index contributed by atoms with van der Waals surface area (Å²) in [7, 11) is 0. The molecule has 0 aliphatic rings. The molecule has 1 aromatic rings. The van der Waals surface area contributed by atoms with E-state index in [9.17, 15) is 15.0 Å². The Hall–Kier alpha value is -1.79. The molecule has 6 heteroatoms. The highest BCUT2D eigenvalue weighted by Gasteiger charge is 2.25. The van der Waals surface area contributed by atoms with E-state index in [2.05, 4.69) is 0 Å². The van der Waals surface area contributed by atoms with E-state index in [0.717, 1.165) is 19.1 Å². The molecule has 0 amide bonds. The largest absolute Gasteiger partial charge is 0.547 e. The zero-order chi connectivity index (χ0) is 10.9. The standard InChI is InChI=1S/C9H10O5.H3N/c1-9(14,8(12)13)5-2-3-6(10)7(11)4-5;/h2-4,10-11,14H,1H3,(H,12,13);1H3. The van der Waals surface area contributed by atoms with E-state index in [1.54, 1.807) is 0 Å². The third-order valence-electron chi connectivity index (χ3n) is 1.93. The highest BCUT2D eigenvalue weighted by molar-refractivity contribution is 5.76. The van der Waals surface area contributed by atoms with Crippen LogP contribution in [0, 0.1) is 0 Å². The van der Waals surface area contributed by atoms with Crippen molar-refractivity contribution in [3.63, 3.8) is 0 Å². The quantitative estimate of drug-likeness (QED) is 0.489. The minimum atomic E-state index is -2.19. The zero-order valence-corrected chi connectivity index (χ0v) is 8.39. The van der Waals surface area contributed by atoms with Crippen molar-refractivity contribution >= 4 is 5.97 Å². The van der Waals surface area contributed by atoms with Crippen molar-refractivity contribution < 1.29 is 25.2 Å². The van der Waals surface area contributed by atoms with Crippen molar-refractivity contribution in [3.8, 4) is 11.5 Å². The molecule has 0 heterocycles. The van der Waals surface area contributed by atoms with Gasteiger partial charge in [0.2, 0.25) is 0 Å². The monoisotopic (exact) mass is 215 g/mol. The Bertz CT molecular complexity index is 375. The van der Waals surface area contributed by atoms with Gasteiger partial charge in [-0.1, -0.05) is 6.07 Å². The number of aromatic hydroxyl groups is 2. The van der Waals surface area contributed by atoms with Crippen LogP contribution in [0.5, 0.6) is 11.5 Å².